The summed E-state index contributed by atoms with van der Waals surface area (Å²) in [6, 6.07) is 0. The largest absolute Gasteiger partial charge is 0.347 e. The molecule has 5 saturated carbocycles. The van der Waals surface area contributed by atoms with Gasteiger partial charge in [-0.25, -0.2) is 0 Å². The summed E-state index contributed by atoms with van der Waals surface area (Å²) in [5, 5.41) is 0. The normalized spacial score (nSPS) is 65.1. The van der Waals surface area contributed by atoms with Crippen molar-refractivity contribution >= 4 is 0 Å². The molecule has 1 spiro atoms. The van der Waals surface area contributed by atoms with Crippen LogP contribution in [0.3, 0.4) is 0 Å². The van der Waals surface area contributed by atoms with Crippen LogP contribution in [-0.4, -0.2) is 19.0 Å². The lowest BCUT2D eigenvalue weighted by Crippen LogP contribution is -2.53. The molecule has 1 heterocycles. The highest BCUT2D eigenvalue weighted by Crippen LogP contribution is 2.78. The third-order valence-electron chi connectivity index (χ3n) is 5.83. The summed E-state index contributed by atoms with van der Waals surface area (Å²) in [5.74, 6) is 5.73. The van der Waals surface area contributed by atoms with Gasteiger partial charge in [0.1, 0.15) is 0 Å². The first kappa shape index (κ1) is 7.24. The molecule has 2 nitrogen and oxygen atoms in total. The van der Waals surface area contributed by atoms with Gasteiger partial charge < -0.3 is 9.47 Å². The summed E-state index contributed by atoms with van der Waals surface area (Å²) >= 11 is 0. The quantitative estimate of drug-likeness (QED) is 0.581. The monoisotopic (exact) mass is 192 g/mol. The van der Waals surface area contributed by atoms with E-state index in [1.165, 1.54) is 19.3 Å². The van der Waals surface area contributed by atoms with Gasteiger partial charge in [0.15, 0.2) is 5.79 Å². The number of hydrogen-bond acceptors (Lipinski definition) is 2. The van der Waals surface area contributed by atoms with Gasteiger partial charge in [-0.15, -0.1) is 0 Å². The Morgan fingerprint density at radius 1 is 0.929 bits per heavy atom. The van der Waals surface area contributed by atoms with E-state index in [0.717, 1.165) is 48.7 Å². The second kappa shape index (κ2) is 1.92. The average Bonchev–Trinajstić information content (AvgIpc) is 2.57. The predicted molar refractivity (Wildman–Crippen MR) is 49.4 cm³/mol. The van der Waals surface area contributed by atoms with Crippen LogP contribution < -0.4 is 0 Å². The Hall–Kier alpha value is -0.0800. The zero-order valence-electron chi connectivity index (χ0n) is 8.32. The van der Waals surface area contributed by atoms with E-state index in [0.29, 0.717) is 0 Å². The maximum atomic E-state index is 6.04. The van der Waals surface area contributed by atoms with E-state index in [1.807, 2.05) is 0 Å². The van der Waals surface area contributed by atoms with Gasteiger partial charge in [0.25, 0.3) is 0 Å². The van der Waals surface area contributed by atoms with Crippen LogP contribution in [0.4, 0.5) is 0 Å². The molecule has 0 aromatic rings. The summed E-state index contributed by atoms with van der Waals surface area (Å²) in [7, 11) is 0. The Labute approximate surface area is 84.0 Å². The molecular formula is C12H16O2. The molecule has 14 heavy (non-hydrogen) atoms. The van der Waals surface area contributed by atoms with Crippen LogP contribution in [0.5, 0.6) is 0 Å². The van der Waals surface area contributed by atoms with Crippen LogP contribution in [0.15, 0.2) is 0 Å². The summed E-state index contributed by atoms with van der Waals surface area (Å²) in [4.78, 5) is 0. The highest BCUT2D eigenvalue weighted by Gasteiger charge is 2.77. The van der Waals surface area contributed by atoms with Crippen molar-refractivity contribution in [3.63, 3.8) is 0 Å². The zero-order chi connectivity index (χ0) is 8.91. The van der Waals surface area contributed by atoms with Crippen molar-refractivity contribution in [3.8, 4) is 0 Å². The molecule has 1 saturated heterocycles. The minimum Gasteiger partial charge on any atom is -0.347 e. The fraction of sp³-hybridized carbons (Fsp3) is 1.00. The van der Waals surface area contributed by atoms with Crippen molar-refractivity contribution in [2.45, 2.75) is 25.0 Å². The summed E-state index contributed by atoms with van der Waals surface area (Å²) < 4.78 is 12.1. The van der Waals surface area contributed by atoms with Gasteiger partial charge in [-0.3, -0.25) is 0 Å². The third kappa shape index (κ3) is 0.548. The molecule has 6 aliphatic rings. The van der Waals surface area contributed by atoms with Gasteiger partial charge in [0.2, 0.25) is 0 Å². The van der Waals surface area contributed by atoms with E-state index in [4.69, 9.17) is 9.47 Å². The molecule has 0 aromatic heterocycles. The van der Waals surface area contributed by atoms with E-state index >= 15 is 0 Å². The van der Waals surface area contributed by atoms with E-state index in [-0.39, 0.29) is 5.79 Å². The van der Waals surface area contributed by atoms with Crippen LogP contribution in [-0.2, 0) is 9.47 Å². The van der Waals surface area contributed by atoms with E-state index in [1.54, 1.807) is 0 Å². The standard InChI is InChI=1S/C12H16O2/c1-2-14-12(13-1)7-3-6-4-9(12)11-8(5-7)10(6)11/h6-11H,1-5H2/t6-,7-,8-,9?,10?,11?/m0/s1. The third-order valence-corrected chi connectivity index (χ3v) is 5.83. The van der Waals surface area contributed by atoms with Crippen molar-refractivity contribution in [3.05, 3.63) is 0 Å². The minimum absolute atomic E-state index is 0.0804. The Kier molecular flexibility index (Phi) is 0.992. The lowest BCUT2D eigenvalue weighted by atomic mass is 9.64. The topological polar surface area (TPSA) is 18.5 Å². The SMILES string of the molecule is C1COC2(O1)C1C[C@@H]3C[C@H]2C[C@@H]2C1C32. The first-order valence-electron chi connectivity index (χ1n) is 6.18. The first-order chi connectivity index (χ1) is 6.90. The van der Waals surface area contributed by atoms with Crippen LogP contribution in [0, 0.1) is 35.5 Å². The van der Waals surface area contributed by atoms with Gasteiger partial charge in [-0.05, 0) is 42.9 Å². The number of ether oxygens (including phenoxy) is 2. The van der Waals surface area contributed by atoms with Crippen molar-refractivity contribution < 1.29 is 9.47 Å². The van der Waals surface area contributed by atoms with Gasteiger partial charge in [0, 0.05) is 11.8 Å². The number of hydrogen-bond donors (Lipinski definition) is 0. The van der Waals surface area contributed by atoms with Crippen molar-refractivity contribution in [1.82, 2.24) is 0 Å². The first-order valence-corrected chi connectivity index (χ1v) is 6.18. The Morgan fingerprint density at radius 2 is 1.79 bits per heavy atom. The fourth-order valence-corrected chi connectivity index (χ4v) is 5.61. The van der Waals surface area contributed by atoms with Crippen molar-refractivity contribution in [2.24, 2.45) is 35.5 Å². The molecule has 0 N–H and O–H groups in total. The zero-order valence-corrected chi connectivity index (χ0v) is 8.32. The molecule has 2 heteroatoms. The highest BCUT2D eigenvalue weighted by atomic mass is 16.7. The molecule has 3 unspecified atom stereocenters. The molecule has 0 aromatic carbocycles. The molecule has 1 aliphatic heterocycles. The minimum atomic E-state index is -0.0804. The molecule has 76 valence electrons. The molecule has 6 fully saturated rings. The smallest absolute Gasteiger partial charge is 0.174 e. The molecule has 4 bridgehead atoms. The molecule has 0 amide bonds. The highest BCUT2D eigenvalue weighted by molar-refractivity contribution is 5.22. The van der Waals surface area contributed by atoms with Gasteiger partial charge in [-0.1, -0.05) is 0 Å². The lowest BCUT2D eigenvalue weighted by molar-refractivity contribution is -0.265. The maximum Gasteiger partial charge on any atom is 0.174 e. The van der Waals surface area contributed by atoms with Crippen LogP contribution in [0.25, 0.3) is 0 Å². The van der Waals surface area contributed by atoms with Crippen molar-refractivity contribution in [1.29, 1.82) is 0 Å². The molecular weight excluding hydrogens is 176 g/mol. The van der Waals surface area contributed by atoms with E-state index in [2.05, 4.69) is 0 Å². The molecule has 6 rings (SSSR count). The van der Waals surface area contributed by atoms with Crippen LogP contribution in [0.2, 0.25) is 0 Å². The van der Waals surface area contributed by atoms with Gasteiger partial charge in [-0.2, -0.15) is 0 Å². The number of rotatable bonds is 0. The fourth-order valence-electron chi connectivity index (χ4n) is 5.61. The predicted octanol–water partition coefficient (Wildman–Crippen LogP) is 1.65. The maximum absolute atomic E-state index is 6.04. The second-order valence-electron chi connectivity index (χ2n) is 6.01. The van der Waals surface area contributed by atoms with E-state index in [9.17, 15) is 0 Å². The van der Waals surface area contributed by atoms with Crippen LogP contribution >= 0.6 is 0 Å². The van der Waals surface area contributed by atoms with Gasteiger partial charge in [0.05, 0.1) is 13.2 Å². The Balaban J connectivity index is 1.67. The summed E-state index contributed by atoms with van der Waals surface area (Å²) in [6.45, 7) is 1.69. The van der Waals surface area contributed by atoms with Gasteiger partial charge >= 0.3 is 0 Å². The van der Waals surface area contributed by atoms with Crippen LogP contribution in [0.1, 0.15) is 19.3 Å². The van der Waals surface area contributed by atoms with Crippen molar-refractivity contribution in [2.75, 3.05) is 13.2 Å². The second-order valence-corrected chi connectivity index (χ2v) is 6.01. The summed E-state index contributed by atoms with van der Waals surface area (Å²) in [5.41, 5.74) is 0. The molecule has 6 atom stereocenters. The lowest BCUT2D eigenvalue weighted by Gasteiger charge is -2.50. The Morgan fingerprint density at radius 3 is 2.57 bits per heavy atom. The Bertz CT molecular complexity index is 307. The summed E-state index contributed by atoms with van der Waals surface area (Å²) in [6.07, 6.45) is 4.25. The van der Waals surface area contributed by atoms with E-state index < -0.39 is 0 Å². The molecule has 5 aliphatic carbocycles. The average molecular weight is 192 g/mol. The molecule has 0 radical (unpaired) electrons.